The van der Waals surface area contributed by atoms with E-state index < -0.39 is 5.97 Å². The first-order valence-electron chi connectivity index (χ1n) is 4.29. The Hall–Kier alpha value is -1.77. The topological polar surface area (TPSA) is 63.3 Å². The van der Waals surface area contributed by atoms with Crippen molar-refractivity contribution in [3.8, 4) is 0 Å². The summed E-state index contributed by atoms with van der Waals surface area (Å²) in [6, 6.07) is 5.70. The SMILES string of the molecule is Cc1cccc(/C=C(/N)C(=O)O)c1C. The average Bonchev–Trinajstić information content (AvgIpc) is 2.12. The molecule has 3 heteroatoms. The maximum absolute atomic E-state index is 10.5. The number of nitrogens with two attached hydrogens (primary N) is 1. The maximum Gasteiger partial charge on any atom is 0.351 e. The molecule has 1 rings (SSSR count). The molecule has 0 unspecified atom stereocenters. The first-order chi connectivity index (χ1) is 6.52. The van der Waals surface area contributed by atoms with Gasteiger partial charge >= 0.3 is 5.97 Å². The summed E-state index contributed by atoms with van der Waals surface area (Å²) >= 11 is 0. The Labute approximate surface area is 82.9 Å². The molecule has 74 valence electrons. The molecule has 14 heavy (non-hydrogen) atoms. The normalized spacial score (nSPS) is 11.4. The lowest BCUT2D eigenvalue weighted by atomic mass is 10.0. The van der Waals surface area contributed by atoms with Crippen molar-refractivity contribution in [2.75, 3.05) is 0 Å². The number of carbonyl (C=O) groups is 1. The van der Waals surface area contributed by atoms with E-state index >= 15 is 0 Å². The summed E-state index contributed by atoms with van der Waals surface area (Å²) < 4.78 is 0. The van der Waals surface area contributed by atoms with Crippen molar-refractivity contribution in [2.45, 2.75) is 13.8 Å². The molecule has 0 aliphatic carbocycles. The lowest BCUT2D eigenvalue weighted by molar-refractivity contribution is -0.132. The maximum atomic E-state index is 10.5. The van der Waals surface area contributed by atoms with Crippen LogP contribution in [-0.2, 0) is 4.79 Å². The van der Waals surface area contributed by atoms with Crippen LogP contribution in [0.15, 0.2) is 23.9 Å². The fourth-order valence-corrected chi connectivity index (χ4v) is 1.16. The molecule has 0 spiro atoms. The number of hydrogen-bond donors (Lipinski definition) is 2. The zero-order valence-corrected chi connectivity index (χ0v) is 8.24. The van der Waals surface area contributed by atoms with E-state index in [-0.39, 0.29) is 5.70 Å². The van der Waals surface area contributed by atoms with Crippen LogP contribution in [-0.4, -0.2) is 11.1 Å². The van der Waals surface area contributed by atoms with Gasteiger partial charge in [0.1, 0.15) is 5.70 Å². The fraction of sp³-hybridized carbons (Fsp3) is 0.182. The van der Waals surface area contributed by atoms with Gasteiger partial charge in [-0.1, -0.05) is 18.2 Å². The largest absolute Gasteiger partial charge is 0.477 e. The van der Waals surface area contributed by atoms with Crippen LogP contribution >= 0.6 is 0 Å². The lowest BCUT2D eigenvalue weighted by Crippen LogP contribution is -2.09. The van der Waals surface area contributed by atoms with E-state index in [0.717, 1.165) is 16.7 Å². The van der Waals surface area contributed by atoms with Gasteiger partial charge < -0.3 is 10.8 Å². The molecule has 0 fully saturated rings. The molecule has 0 aliphatic heterocycles. The van der Waals surface area contributed by atoms with Crippen LogP contribution in [0, 0.1) is 13.8 Å². The highest BCUT2D eigenvalue weighted by Crippen LogP contribution is 2.14. The number of rotatable bonds is 2. The zero-order chi connectivity index (χ0) is 10.7. The van der Waals surface area contributed by atoms with Crippen LogP contribution in [0.1, 0.15) is 16.7 Å². The third-order valence-corrected chi connectivity index (χ3v) is 2.20. The molecule has 3 nitrogen and oxygen atoms in total. The van der Waals surface area contributed by atoms with Crippen molar-refractivity contribution in [1.82, 2.24) is 0 Å². The third-order valence-electron chi connectivity index (χ3n) is 2.20. The first kappa shape index (κ1) is 10.3. The molecule has 1 aromatic carbocycles. The van der Waals surface area contributed by atoms with E-state index in [1.54, 1.807) is 0 Å². The molecule has 0 amide bonds. The van der Waals surface area contributed by atoms with Crippen molar-refractivity contribution in [3.05, 3.63) is 40.6 Å². The monoisotopic (exact) mass is 191 g/mol. The van der Waals surface area contributed by atoms with Crippen molar-refractivity contribution >= 4 is 12.0 Å². The number of benzene rings is 1. The van der Waals surface area contributed by atoms with E-state index in [9.17, 15) is 4.79 Å². The van der Waals surface area contributed by atoms with Gasteiger partial charge in [-0.2, -0.15) is 0 Å². The van der Waals surface area contributed by atoms with Crippen LogP contribution < -0.4 is 5.73 Å². The molecule has 0 bridgehead atoms. The predicted octanol–water partition coefficient (Wildman–Crippen LogP) is 1.69. The van der Waals surface area contributed by atoms with Crippen LogP contribution in [0.5, 0.6) is 0 Å². The van der Waals surface area contributed by atoms with Crippen LogP contribution in [0.2, 0.25) is 0 Å². The Bertz CT molecular complexity index is 394. The number of aryl methyl sites for hydroxylation is 1. The van der Waals surface area contributed by atoms with Gasteiger partial charge in [-0.15, -0.1) is 0 Å². The van der Waals surface area contributed by atoms with Gasteiger partial charge in [0.05, 0.1) is 0 Å². The minimum Gasteiger partial charge on any atom is -0.477 e. The summed E-state index contributed by atoms with van der Waals surface area (Å²) in [6.45, 7) is 3.92. The van der Waals surface area contributed by atoms with Crippen molar-refractivity contribution in [2.24, 2.45) is 5.73 Å². The quantitative estimate of drug-likeness (QED) is 0.699. The van der Waals surface area contributed by atoms with Crippen molar-refractivity contribution in [1.29, 1.82) is 0 Å². The Balaban J connectivity index is 3.15. The minimum absolute atomic E-state index is 0.140. The first-order valence-corrected chi connectivity index (χ1v) is 4.29. The van der Waals surface area contributed by atoms with Crippen LogP contribution in [0.25, 0.3) is 6.08 Å². The third kappa shape index (κ3) is 2.13. The Morgan fingerprint density at radius 2 is 2.07 bits per heavy atom. The highest BCUT2D eigenvalue weighted by Gasteiger charge is 2.03. The van der Waals surface area contributed by atoms with Crippen molar-refractivity contribution < 1.29 is 9.90 Å². The Kier molecular flexibility index (Phi) is 2.92. The van der Waals surface area contributed by atoms with Crippen molar-refractivity contribution in [3.63, 3.8) is 0 Å². The molecule has 0 saturated heterocycles. The van der Waals surface area contributed by atoms with E-state index in [2.05, 4.69) is 0 Å². The number of aliphatic carboxylic acids is 1. The van der Waals surface area contributed by atoms with Crippen LogP contribution in [0.3, 0.4) is 0 Å². The highest BCUT2D eigenvalue weighted by atomic mass is 16.4. The summed E-state index contributed by atoms with van der Waals surface area (Å²) in [5, 5.41) is 8.61. The fourth-order valence-electron chi connectivity index (χ4n) is 1.16. The molecule has 0 aliphatic rings. The number of hydrogen-bond acceptors (Lipinski definition) is 2. The zero-order valence-electron chi connectivity index (χ0n) is 8.24. The molecule has 0 aromatic heterocycles. The summed E-state index contributed by atoms with van der Waals surface area (Å²) in [4.78, 5) is 10.5. The molecular formula is C11H13NO2. The minimum atomic E-state index is -1.09. The van der Waals surface area contributed by atoms with Gasteiger partial charge in [0.2, 0.25) is 0 Å². The average molecular weight is 191 g/mol. The van der Waals surface area contributed by atoms with E-state index in [0.29, 0.717) is 0 Å². The van der Waals surface area contributed by atoms with Gasteiger partial charge in [-0.25, -0.2) is 4.79 Å². The molecule has 1 aromatic rings. The molecule has 3 N–H and O–H groups in total. The smallest absolute Gasteiger partial charge is 0.351 e. The van der Waals surface area contributed by atoms with Gasteiger partial charge in [0, 0.05) is 0 Å². The summed E-state index contributed by atoms with van der Waals surface area (Å²) in [5.41, 5.74) is 8.22. The number of carboxylic acids is 1. The predicted molar refractivity (Wildman–Crippen MR) is 55.7 cm³/mol. The van der Waals surface area contributed by atoms with E-state index in [4.69, 9.17) is 10.8 Å². The highest BCUT2D eigenvalue weighted by molar-refractivity contribution is 5.91. The second kappa shape index (κ2) is 3.96. The van der Waals surface area contributed by atoms with Gasteiger partial charge in [0.15, 0.2) is 0 Å². The second-order valence-corrected chi connectivity index (χ2v) is 3.19. The molecular weight excluding hydrogens is 178 g/mol. The van der Waals surface area contributed by atoms with E-state index in [1.807, 2.05) is 32.0 Å². The van der Waals surface area contributed by atoms with Gasteiger partial charge in [-0.3, -0.25) is 0 Å². The second-order valence-electron chi connectivity index (χ2n) is 3.19. The molecule has 0 saturated carbocycles. The van der Waals surface area contributed by atoms with Gasteiger partial charge in [0.25, 0.3) is 0 Å². The number of carboxylic acid groups (broad SMARTS) is 1. The standard InChI is InChI=1S/C11H13NO2/c1-7-4-3-5-9(8(7)2)6-10(12)11(13)14/h3-6H,12H2,1-2H3,(H,13,14)/b10-6+. The lowest BCUT2D eigenvalue weighted by Gasteiger charge is -2.04. The molecule has 0 atom stereocenters. The van der Waals surface area contributed by atoms with Gasteiger partial charge in [-0.05, 0) is 36.6 Å². The Morgan fingerprint density at radius 1 is 1.43 bits per heavy atom. The molecule has 0 heterocycles. The van der Waals surface area contributed by atoms with Crippen LogP contribution in [0.4, 0.5) is 0 Å². The Morgan fingerprint density at radius 3 is 2.64 bits per heavy atom. The molecule has 0 radical (unpaired) electrons. The summed E-state index contributed by atoms with van der Waals surface area (Å²) in [6.07, 6.45) is 1.48. The summed E-state index contributed by atoms with van der Waals surface area (Å²) in [5.74, 6) is -1.09. The van der Waals surface area contributed by atoms with E-state index in [1.165, 1.54) is 6.08 Å². The summed E-state index contributed by atoms with van der Waals surface area (Å²) in [7, 11) is 0.